The number of nitrogens with one attached hydrogen (secondary N) is 1. The zero-order valence-electron chi connectivity index (χ0n) is 14.9. The molecule has 1 N–H and O–H groups in total. The van der Waals surface area contributed by atoms with Gasteiger partial charge in [-0.05, 0) is 54.1 Å². The molecular formula is C22H17FN2O3. The molecule has 2 amide bonds. The summed E-state index contributed by atoms with van der Waals surface area (Å²) in [5.41, 5.74) is 2.62. The van der Waals surface area contributed by atoms with Crippen LogP contribution in [0.2, 0.25) is 0 Å². The summed E-state index contributed by atoms with van der Waals surface area (Å²) in [6.45, 7) is 0.397. The highest BCUT2D eigenvalue weighted by Crippen LogP contribution is 2.32. The highest BCUT2D eigenvalue weighted by molar-refractivity contribution is 6.04. The molecule has 3 aromatic rings. The van der Waals surface area contributed by atoms with E-state index < -0.39 is 0 Å². The van der Waals surface area contributed by atoms with Crippen LogP contribution in [0.25, 0.3) is 0 Å². The van der Waals surface area contributed by atoms with E-state index in [-0.39, 0.29) is 24.2 Å². The van der Waals surface area contributed by atoms with Crippen molar-refractivity contribution in [3.8, 4) is 5.75 Å². The van der Waals surface area contributed by atoms with Crippen LogP contribution in [0.4, 0.5) is 15.8 Å². The van der Waals surface area contributed by atoms with E-state index in [1.165, 1.54) is 24.3 Å². The van der Waals surface area contributed by atoms with Crippen LogP contribution in [0.1, 0.15) is 15.9 Å². The predicted molar refractivity (Wildman–Crippen MR) is 104 cm³/mol. The van der Waals surface area contributed by atoms with Gasteiger partial charge in [0, 0.05) is 11.3 Å². The Morgan fingerprint density at radius 3 is 2.46 bits per heavy atom. The number of para-hydroxylation sites is 2. The Morgan fingerprint density at radius 2 is 1.71 bits per heavy atom. The molecule has 28 heavy (non-hydrogen) atoms. The number of amides is 2. The summed E-state index contributed by atoms with van der Waals surface area (Å²) in [4.78, 5) is 26.3. The van der Waals surface area contributed by atoms with Crippen LogP contribution in [-0.4, -0.2) is 18.4 Å². The lowest BCUT2D eigenvalue weighted by molar-refractivity contribution is -0.121. The van der Waals surface area contributed by atoms with Crippen molar-refractivity contribution in [2.45, 2.75) is 6.54 Å². The first-order valence-corrected chi connectivity index (χ1v) is 8.78. The van der Waals surface area contributed by atoms with Crippen LogP contribution in [0, 0.1) is 5.82 Å². The standard InChI is InChI=1S/C22H17FN2O3/c23-17-9-11-18(12-10-17)24-22(27)16-7-5-15(6-8-16)13-25-19-3-1-2-4-20(19)28-14-21(25)26/h1-12H,13-14H2,(H,24,27). The third-order valence-corrected chi connectivity index (χ3v) is 4.47. The molecule has 1 aliphatic rings. The summed E-state index contributed by atoms with van der Waals surface area (Å²) < 4.78 is 18.4. The summed E-state index contributed by atoms with van der Waals surface area (Å²) in [6.07, 6.45) is 0. The topological polar surface area (TPSA) is 58.6 Å². The van der Waals surface area contributed by atoms with Gasteiger partial charge >= 0.3 is 0 Å². The van der Waals surface area contributed by atoms with E-state index in [1.54, 1.807) is 17.0 Å². The van der Waals surface area contributed by atoms with Gasteiger partial charge in [-0.1, -0.05) is 24.3 Å². The smallest absolute Gasteiger partial charge is 0.265 e. The number of carbonyl (C=O) groups is 2. The number of hydrogen-bond acceptors (Lipinski definition) is 3. The molecule has 0 radical (unpaired) electrons. The molecule has 0 unspecified atom stereocenters. The molecule has 140 valence electrons. The van der Waals surface area contributed by atoms with Gasteiger partial charge in [0.25, 0.3) is 11.8 Å². The predicted octanol–water partition coefficient (Wildman–Crippen LogP) is 4.00. The van der Waals surface area contributed by atoms with Crippen molar-refractivity contribution in [1.29, 1.82) is 0 Å². The third-order valence-electron chi connectivity index (χ3n) is 4.47. The Kier molecular flexibility index (Phi) is 4.76. The van der Waals surface area contributed by atoms with E-state index in [0.29, 0.717) is 23.5 Å². The minimum Gasteiger partial charge on any atom is -0.482 e. The monoisotopic (exact) mass is 376 g/mol. The number of anilines is 2. The molecule has 0 saturated heterocycles. The molecule has 0 bridgehead atoms. The summed E-state index contributed by atoms with van der Waals surface area (Å²) in [5.74, 6) is -0.0817. The molecule has 0 atom stereocenters. The van der Waals surface area contributed by atoms with Crippen LogP contribution >= 0.6 is 0 Å². The number of rotatable bonds is 4. The van der Waals surface area contributed by atoms with Crippen LogP contribution in [0.3, 0.4) is 0 Å². The van der Waals surface area contributed by atoms with Crippen LogP contribution < -0.4 is 15.0 Å². The molecule has 4 rings (SSSR count). The minimum atomic E-state index is -0.360. The highest BCUT2D eigenvalue weighted by Gasteiger charge is 2.25. The normalized spacial score (nSPS) is 12.9. The maximum absolute atomic E-state index is 13.0. The Labute approximate surface area is 161 Å². The number of ether oxygens (including phenoxy) is 1. The fourth-order valence-electron chi connectivity index (χ4n) is 3.01. The van der Waals surface area contributed by atoms with E-state index in [4.69, 9.17) is 4.74 Å². The molecule has 1 heterocycles. The van der Waals surface area contributed by atoms with Crippen molar-refractivity contribution in [3.63, 3.8) is 0 Å². The lowest BCUT2D eigenvalue weighted by Crippen LogP contribution is -2.38. The van der Waals surface area contributed by atoms with Gasteiger partial charge in [-0.2, -0.15) is 0 Å². The minimum absolute atomic E-state index is 0.00910. The molecule has 6 heteroatoms. The maximum atomic E-state index is 13.0. The van der Waals surface area contributed by atoms with Gasteiger partial charge in [0.2, 0.25) is 0 Å². The molecule has 0 saturated carbocycles. The summed E-state index contributed by atoms with van der Waals surface area (Å²) >= 11 is 0. The fourth-order valence-corrected chi connectivity index (χ4v) is 3.01. The third kappa shape index (κ3) is 3.71. The molecule has 0 fully saturated rings. The lowest BCUT2D eigenvalue weighted by atomic mass is 10.1. The first kappa shape index (κ1) is 17.7. The van der Waals surface area contributed by atoms with Crippen LogP contribution in [-0.2, 0) is 11.3 Å². The van der Waals surface area contributed by atoms with Crippen molar-refractivity contribution < 1.29 is 18.7 Å². The number of carbonyl (C=O) groups excluding carboxylic acids is 2. The zero-order chi connectivity index (χ0) is 19.5. The number of halogens is 1. The van der Waals surface area contributed by atoms with Gasteiger partial charge in [-0.25, -0.2) is 4.39 Å². The molecule has 0 spiro atoms. The summed E-state index contributed by atoms with van der Waals surface area (Å²) in [7, 11) is 0. The number of hydrogen-bond donors (Lipinski definition) is 1. The maximum Gasteiger partial charge on any atom is 0.265 e. The molecular weight excluding hydrogens is 359 g/mol. The van der Waals surface area contributed by atoms with Gasteiger partial charge in [-0.15, -0.1) is 0 Å². The largest absolute Gasteiger partial charge is 0.482 e. The Hall–Kier alpha value is -3.67. The first-order chi connectivity index (χ1) is 13.6. The van der Waals surface area contributed by atoms with E-state index in [1.807, 2.05) is 36.4 Å². The second-order valence-corrected chi connectivity index (χ2v) is 6.39. The average Bonchev–Trinajstić information content (AvgIpc) is 2.72. The first-order valence-electron chi connectivity index (χ1n) is 8.78. The number of benzene rings is 3. The van der Waals surface area contributed by atoms with Gasteiger partial charge in [0.05, 0.1) is 12.2 Å². The molecule has 5 nitrogen and oxygen atoms in total. The molecule has 0 aliphatic carbocycles. The van der Waals surface area contributed by atoms with Gasteiger partial charge < -0.3 is 15.0 Å². The average molecular weight is 376 g/mol. The lowest BCUT2D eigenvalue weighted by Gasteiger charge is -2.29. The van der Waals surface area contributed by atoms with Crippen molar-refractivity contribution in [3.05, 3.63) is 89.7 Å². The summed E-state index contributed by atoms with van der Waals surface area (Å²) in [5, 5.41) is 2.72. The molecule has 3 aromatic carbocycles. The van der Waals surface area contributed by atoms with Gasteiger partial charge in [0.15, 0.2) is 6.61 Å². The summed E-state index contributed by atoms with van der Waals surface area (Å²) in [6, 6.07) is 20.0. The zero-order valence-corrected chi connectivity index (χ0v) is 14.9. The number of nitrogens with zero attached hydrogens (tertiary/aromatic N) is 1. The Bertz CT molecular complexity index is 1020. The second kappa shape index (κ2) is 7.52. The Balaban J connectivity index is 1.47. The van der Waals surface area contributed by atoms with Gasteiger partial charge in [0.1, 0.15) is 11.6 Å². The molecule has 1 aliphatic heterocycles. The fraction of sp³-hybridized carbons (Fsp3) is 0.0909. The highest BCUT2D eigenvalue weighted by atomic mass is 19.1. The van der Waals surface area contributed by atoms with Crippen LogP contribution in [0.15, 0.2) is 72.8 Å². The van der Waals surface area contributed by atoms with Crippen molar-refractivity contribution in [2.75, 3.05) is 16.8 Å². The van der Waals surface area contributed by atoms with Crippen molar-refractivity contribution >= 4 is 23.2 Å². The van der Waals surface area contributed by atoms with Crippen LogP contribution in [0.5, 0.6) is 5.75 Å². The quantitative estimate of drug-likeness (QED) is 0.749. The molecule has 0 aromatic heterocycles. The second-order valence-electron chi connectivity index (χ2n) is 6.39. The van der Waals surface area contributed by atoms with E-state index in [2.05, 4.69) is 5.32 Å². The van der Waals surface area contributed by atoms with E-state index in [0.717, 1.165) is 11.3 Å². The Morgan fingerprint density at radius 1 is 1.00 bits per heavy atom. The van der Waals surface area contributed by atoms with E-state index >= 15 is 0 Å². The van der Waals surface area contributed by atoms with E-state index in [9.17, 15) is 14.0 Å². The van der Waals surface area contributed by atoms with Crippen molar-refractivity contribution in [2.24, 2.45) is 0 Å². The van der Waals surface area contributed by atoms with Gasteiger partial charge in [-0.3, -0.25) is 9.59 Å². The van der Waals surface area contributed by atoms with Crippen molar-refractivity contribution in [1.82, 2.24) is 0 Å². The number of fused-ring (bicyclic) bond motifs is 1. The SMILES string of the molecule is O=C(Nc1ccc(F)cc1)c1ccc(CN2C(=O)COc3ccccc32)cc1.